The van der Waals surface area contributed by atoms with Crippen molar-refractivity contribution in [2.45, 2.75) is 23.8 Å². The number of hydrogen-bond acceptors (Lipinski definition) is 4. The van der Waals surface area contributed by atoms with Gasteiger partial charge in [0.05, 0.1) is 28.2 Å². The number of nitrogens with zero attached hydrogens (tertiary/aromatic N) is 2. The smallest absolute Gasteiger partial charge is 0.302 e. The molecule has 202 valence electrons. The summed E-state index contributed by atoms with van der Waals surface area (Å²) in [6.45, 7) is -0.638. The molecule has 2 heterocycles. The van der Waals surface area contributed by atoms with Crippen molar-refractivity contribution in [3.8, 4) is 27.1 Å². The molecule has 0 aliphatic rings. The summed E-state index contributed by atoms with van der Waals surface area (Å²) in [4.78, 5) is 13.7. The second-order valence-corrected chi connectivity index (χ2v) is 10.1. The molecule has 0 spiro atoms. The van der Waals surface area contributed by atoms with Crippen molar-refractivity contribution in [2.75, 3.05) is 6.26 Å². The monoisotopic (exact) mass is 586 g/mol. The minimum absolute atomic E-state index is 0.0442. The maximum atomic E-state index is 14.4. The maximum absolute atomic E-state index is 14.4. The normalized spacial score (nSPS) is 12.0. The Bertz CT molecular complexity index is 1660. The summed E-state index contributed by atoms with van der Waals surface area (Å²) in [5.74, 6) is -1.98. The number of rotatable bonds is 5. The number of benzene rings is 2. The number of aromatic nitrogens is 1. The molecular formula is C26H14F8N2OS2. The van der Waals surface area contributed by atoms with Crippen LogP contribution in [0.4, 0.5) is 35.1 Å². The average molecular weight is 587 g/mol. The third kappa shape index (κ3) is 5.86. The van der Waals surface area contributed by atoms with E-state index in [1.165, 1.54) is 24.3 Å². The third-order valence-corrected chi connectivity index (χ3v) is 7.54. The summed E-state index contributed by atoms with van der Waals surface area (Å²) in [5, 5.41) is 9.32. The molecule has 0 N–H and O–H groups in total. The van der Waals surface area contributed by atoms with Crippen molar-refractivity contribution in [2.24, 2.45) is 0 Å². The van der Waals surface area contributed by atoms with E-state index >= 15 is 0 Å². The molecule has 4 aromatic rings. The lowest BCUT2D eigenvalue weighted by atomic mass is 10.1. The first kappa shape index (κ1) is 28.4. The van der Waals surface area contributed by atoms with Gasteiger partial charge in [-0.3, -0.25) is 4.79 Å². The molecule has 2 aromatic carbocycles. The fourth-order valence-corrected chi connectivity index (χ4v) is 5.32. The molecule has 39 heavy (non-hydrogen) atoms. The quantitative estimate of drug-likeness (QED) is 0.175. The van der Waals surface area contributed by atoms with E-state index in [0.29, 0.717) is 17.0 Å². The van der Waals surface area contributed by atoms with Gasteiger partial charge >= 0.3 is 12.4 Å². The number of thioether (sulfide) groups is 1. The van der Waals surface area contributed by atoms with Gasteiger partial charge in [-0.05, 0) is 54.3 Å². The van der Waals surface area contributed by atoms with Gasteiger partial charge in [0.25, 0.3) is 5.56 Å². The number of thiophene rings is 1. The van der Waals surface area contributed by atoms with Crippen molar-refractivity contribution in [1.82, 2.24) is 4.57 Å². The van der Waals surface area contributed by atoms with E-state index < -0.39 is 52.8 Å². The highest BCUT2D eigenvalue weighted by atomic mass is 32.2. The van der Waals surface area contributed by atoms with Gasteiger partial charge in [-0.1, -0.05) is 6.07 Å². The van der Waals surface area contributed by atoms with E-state index in [0.717, 1.165) is 51.9 Å². The van der Waals surface area contributed by atoms with Crippen LogP contribution in [-0.4, -0.2) is 10.8 Å². The zero-order valence-corrected chi connectivity index (χ0v) is 21.2. The molecule has 4 rings (SSSR count). The van der Waals surface area contributed by atoms with Crippen molar-refractivity contribution in [3.63, 3.8) is 0 Å². The van der Waals surface area contributed by atoms with E-state index in [1.807, 2.05) is 0 Å². The lowest BCUT2D eigenvalue weighted by Crippen LogP contribution is -2.28. The fraction of sp³-hybridized carbons (Fsp3) is 0.154. The number of hydrogen-bond donors (Lipinski definition) is 0. The van der Waals surface area contributed by atoms with E-state index in [9.17, 15) is 45.2 Å². The van der Waals surface area contributed by atoms with Gasteiger partial charge in [-0.2, -0.15) is 31.6 Å². The van der Waals surface area contributed by atoms with Gasteiger partial charge in [0.1, 0.15) is 23.3 Å². The molecule has 0 radical (unpaired) electrons. The maximum Gasteiger partial charge on any atom is 0.417 e. The van der Waals surface area contributed by atoms with E-state index in [1.54, 1.807) is 6.26 Å². The molecule has 0 saturated heterocycles. The minimum Gasteiger partial charge on any atom is -0.302 e. The zero-order valence-electron chi connectivity index (χ0n) is 19.5. The second-order valence-electron chi connectivity index (χ2n) is 8.17. The molecule has 0 fully saturated rings. The van der Waals surface area contributed by atoms with Gasteiger partial charge in [-0.15, -0.1) is 23.1 Å². The summed E-state index contributed by atoms with van der Waals surface area (Å²) in [6, 6.07) is 10.3. The Morgan fingerprint density at radius 1 is 0.923 bits per heavy atom. The van der Waals surface area contributed by atoms with Crippen LogP contribution in [0.2, 0.25) is 0 Å². The van der Waals surface area contributed by atoms with Crippen LogP contribution in [0.15, 0.2) is 64.3 Å². The fourth-order valence-electron chi connectivity index (χ4n) is 3.81. The van der Waals surface area contributed by atoms with Crippen LogP contribution in [0, 0.1) is 23.0 Å². The van der Waals surface area contributed by atoms with Crippen LogP contribution < -0.4 is 5.56 Å². The highest BCUT2D eigenvalue weighted by molar-refractivity contribution is 7.98. The van der Waals surface area contributed by atoms with Crippen molar-refractivity contribution < 1.29 is 35.1 Å². The lowest BCUT2D eigenvalue weighted by Gasteiger charge is -2.17. The van der Waals surface area contributed by atoms with Crippen molar-refractivity contribution in [3.05, 3.63) is 98.8 Å². The van der Waals surface area contributed by atoms with Gasteiger partial charge in [0.2, 0.25) is 0 Å². The Morgan fingerprint density at radius 2 is 1.62 bits per heavy atom. The van der Waals surface area contributed by atoms with Crippen LogP contribution in [0.25, 0.3) is 21.0 Å². The molecule has 2 aromatic heterocycles. The first-order valence-corrected chi connectivity index (χ1v) is 12.8. The topological polar surface area (TPSA) is 45.8 Å². The highest BCUT2D eigenvalue weighted by Crippen LogP contribution is 2.41. The third-order valence-electron chi connectivity index (χ3n) is 5.67. The molecule has 0 saturated carbocycles. The first-order valence-electron chi connectivity index (χ1n) is 10.8. The van der Waals surface area contributed by atoms with Crippen LogP contribution in [0.1, 0.15) is 22.3 Å². The molecule has 0 bridgehead atoms. The number of halogens is 8. The van der Waals surface area contributed by atoms with Crippen LogP contribution in [0.3, 0.4) is 0 Å². The molecule has 0 aliphatic heterocycles. The van der Waals surface area contributed by atoms with E-state index in [4.69, 9.17) is 0 Å². The molecule has 0 atom stereocenters. The largest absolute Gasteiger partial charge is 0.417 e. The second kappa shape index (κ2) is 10.5. The molecule has 13 heteroatoms. The zero-order chi connectivity index (χ0) is 28.7. The van der Waals surface area contributed by atoms with E-state index in [2.05, 4.69) is 0 Å². The van der Waals surface area contributed by atoms with Gasteiger partial charge in [0.15, 0.2) is 0 Å². The van der Waals surface area contributed by atoms with Crippen LogP contribution >= 0.6 is 23.1 Å². The Balaban J connectivity index is 1.94. The number of pyridine rings is 1. The summed E-state index contributed by atoms with van der Waals surface area (Å²) in [6.07, 6.45) is -8.15. The predicted molar refractivity (Wildman–Crippen MR) is 131 cm³/mol. The van der Waals surface area contributed by atoms with Crippen molar-refractivity contribution >= 4 is 23.1 Å². The summed E-state index contributed by atoms with van der Waals surface area (Å²) < 4.78 is 110. The van der Waals surface area contributed by atoms with Gasteiger partial charge < -0.3 is 4.57 Å². The summed E-state index contributed by atoms with van der Waals surface area (Å²) in [5.41, 5.74) is -5.43. The Hall–Kier alpha value is -3.63. The van der Waals surface area contributed by atoms with E-state index in [-0.39, 0.29) is 26.6 Å². The standard InChI is InChI=1S/C26H14F8N2OS2/c1-38-17-7-14(6-15(8-17)25(29,30)31)22-4-5-23(39-22)21-10-19(26(32,33)34)18(11-35)24(37)36(21)12-13-2-3-16(27)9-20(13)28/h2-10H,12H2,1H3. The molecule has 3 nitrogen and oxygen atoms in total. The summed E-state index contributed by atoms with van der Waals surface area (Å²) >= 11 is 1.88. The van der Waals surface area contributed by atoms with Gasteiger partial charge in [-0.25, -0.2) is 8.78 Å². The minimum atomic E-state index is -5.09. The molecule has 0 unspecified atom stereocenters. The molecular weight excluding hydrogens is 572 g/mol. The average Bonchev–Trinajstić information content (AvgIpc) is 3.35. The SMILES string of the molecule is CSc1cc(-c2ccc(-c3cc(C(F)(F)F)c(C#N)c(=O)n3Cc3ccc(F)cc3F)s2)cc(C(F)(F)F)c1. The molecule has 0 aliphatic carbocycles. The number of nitriles is 1. The Morgan fingerprint density at radius 3 is 2.21 bits per heavy atom. The lowest BCUT2D eigenvalue weighted by molar-refractivity contribution is -0.138. The Kier molecular flexibility index (Phi) is 7.64. The van der Waals surface area contributed by atoms with Crippen LogP contribution in [0.5, 0.6) is 0 Å². The first-order chi connectivity index (χ1) is 18.2. The molecule has 0 amide bonds. The number of alkyl halides is 6. The Labute approximate surface area is 223 Å². The van der Waals surface area contributed by atoms with Gasteiger partial charge in [0, 0.05) is 21.4 Å². The summed E-state index contributed by atoms with van der Waals surface area (Å²) in [7, 11) is 0. The highest BCUT2D eigenvalue weighted by Gasteiger charge is 2.37. The van der Waals surface area contributed by atoms with Crippen molar-refractivity contribution in [1.29, 1.82) is 5.26 Å². The predicted octanol–water partition coefficient (Wildman–Crippen LogP) is 8.20. The van der Waals surface area contributed by atoms with Crippen LogP contribution in [-0.2, 0) is 18.9 Å².